The third-order valence-electron chi connectivity index (χ3n) is 6.42. The molecular formula is C26H36N6O4. The fourth-order valence-corrected chi connectivity index (χ4v) is 4.44. The first kappa shape index (κ1) is 25.7. The molecule has 1 aliphatic rings. The summed E-state index contributed by atoms with van der Waals surface area (Å²) in [6, 6.07) is 7.61. The molecule has 0 bridgehead atoms. The summed E-state index contributed by atoms with van der Waals surface area (Å²) in [4.78, 5) is 18.8. The topological polar surface area (TPSA) is 127 Å². The van der Waals surface area contributed by atoms with E-state index in [-0.39, 0.29) is 0 Å². The van der Waals surface area contributed by atoms with Crippen LogP contribution in [0, 0.1) is 0 Å². The van der Waals surface area contributed by atoms with Crippen LogP contribution in [0.3, 0.4) is 0 Å². The SMILES string of the molecule is COc1cc(-c2cc(CCN3CCC(C)(O)CC3)n3ncnc(N)c23)ccc1NC(=O)OC(C)(C)C. The van der Waals surface area contributed by atoms with Crippen LogP contribution in [0.1, 0.15) is 46.2 Å². The number of benzene rings is 1. The van der Waals surface area contributed by atoms with Crippen LogP contribution in [0.2, 0.25) is 0 Å². The predicted octanol–water partition coefficient (Wildman–Crippen LogP) is 3.72. The summed E-state index contributed by atoms with van der Waals surface area (Å²) < 4.78 is 12.8. The molecule has 10 heteroatoms. The highest BCUT2D eigenvalue weighted by atomic mass is 16.6. The van der Waals surface area contributed by atoms with Gasteiger partial charge in [0.15, 0.2) is 5.82 Å². The number of nitrogens with two attached hydrogens (primary N) is 1. The first-order valence-corrected chi connectivity index (χ1v) is 12.2. The maximum atomic E-state index is 12.3. The third-order valence-corrected chi connectivity index (χ3v) is 6.42. The monoisotopic (exact) mass is 496 g/mol. The van der Waals surface area contributed by atoms with Crippen molar-refractivity contribution in [3.05, 3.63) is 36.3 Å². The molecule has 10 nitrogen and oxygen atoms in total. The molecule has 2 aromatic heterocycles. The van der Waals surface area contributed by atoms with Gasteiger partial charge < -0.3 is 25.2 Å². The number of ether oxygens (including phenoxy) is 2. The first-order chi connectivity index (χ1) is 17.0. The number of carbonyl (C=O) groups excluding carboxylic acids is 1. The highest BCUT2D eigenvalue weighted by Gasteiger charge is 2.27. The number of nitrogens with one attached hydrogen (secondary N) is 1. The summed E-state index contributed by atoms with van der Waals surface area (Å²) in [5, 5.41) is 17.5. The van der Waals surface area contributed by atoms with Crippen molar-refractivity contribution in [3.63, 3.8) is 0 Å². The summed E-state index contributed by atoms with van der Waals surface area (Å²) in [6.45, 7) is 9.92. The summed E-state index contributed by atoms with van der Waals surface area (Å²) >= 11 is 0. The quantitative estimate of drug-likeness (QED) is 0.471. The van der Waals surface area contributed by atoms with Gasteiger partial charge in [-0.25, -0.2) is 14.3 Å². The first-order valence-electron chi connectivity index (χ1n) is 12.2. The van der Waals surface area contributed by atoms with Crippen molar-refractivity contribution in [2.75, 3.05) is 37.8 Å². The number of hydrogen-bond donors (Lipinski definition) is 3. The molecule has 36 heavy (non-hydrogen) atoms. The molecule has 1 fully saturated rings. The van der Waals surface area contributed by atoms with Crippen molar-refractivity contribution in [3.8, 4) is 16.9 Å². The molecule has 1 aliphatic heterocycles. The Balaban J connectivity index is 1.60. The molecule has 0 atom stereocenters. The van der Waals surface area contributed by atoms with Crippen LogP contribution in [0.25, 0.3) is 16.6 Å². The lowest BCUT2D eigenvalue weighted by Crippen LogP contribution is -2.43. The zero-order chi connectivity index (χ0) is 26.1. The second kappa shape index (κ2) is 9.94. The van der Waals surface area contributed by atoms with Crippen molar-refractivity contribution in [2.24, 2.45) is 0 Å². The van der Waals surface area contributed by atoms with E-state index in [1.807, 2.05) is 44.3 Å². The van der Waals surface area contributed by atoms with Crippen molar-refractivity contribution in [2.45, 2.75) is 58.2 Å². The average molecular weight is 497 g/mol. The second-order valence-electron chi connectivity index (χ2n) is 10.6. The Morgan fingerprint density at radius 3 is 2.64 bits per heavy atom. The van der Waals surface area contributed by atoms with Gasteiger partial charge in [0.1, 0.15) is 23.2 Å². The molecule has 1 amide bonds. The third kappa shape index (κ3) is 5.88. The molecule has 194 valence electrons. The van der Waals surface area contributed by atoms with Crippen LogP contribution in [-0.4, -0.2) is 68.6 Å². The van der Waals surface area contributed by atoms with E-state index in [0.29, 0.717) is 17.3 Å². The van der Waals surface area contributed by atoms with E-state index in [1.165, 1.54) is 6.33 Å². The standard InChI is InChI=1S/C26H36N6O4/c1-25(2,3)36-24(33)30-20-7-6-17(14-21(20)35-5)19-15-18(32-22(19)23(27)28-16-29-32)8-11-31-12-9-26(4,34)10-13-31/h6-7,14-16,34H,8-13H2,1-5H3,(H,30,33)(H2,27,28,29). The summed E-state index contributed by atoms with van der Waals surface area (Å²) in [5.41, 5.74) is 9.09. The van der Waals surface area contributed by atoms with Crippen molar-refractivity contribution < 1.29 is 19.4 Å². The normalized spacial score (nSPS) is 16.2. The van der Waals surface area contributed by atoms with Gasteiger partial charge in [-0.2, -0.15) is 5.10 Å². The fourth-order valence-electron chi connectivity index (χ4n) is 4.44. The number of anilines is 2. The number of nitrogen functional groups attached to an aromatic ring is 1. The minimum absolute atomic E-state index is 0.384. The Labute approximate surface area is 211 Å². The maximum absolute atomic E-state index is 12.3. The van der Waals surface area contributed by atoms with E-state index >= 15 is 0 Å². The molecule has 1 saturated heterocycles. The number of aromatic nitrogens is 3. The number of carbonyl (C=O) groups is 1. The summed E-state index contributed by atoms with van der Waals surface area (Å²) in [5.74, 6) is 0.880. The van der Waals surface area contributed by atoms with Gasteiger partial charge in [-0.1, -0.05) is 6.07 Å². The van der Waals surface area contributed by atoms with Gasteiger partial charge in [-0.15, -0.1) is 0 Å². The second-order valence-corrected chi connectivity index (χ2v) is 10.6. The average Bonchev–Trinajstić information content (AvgIpc) is 3.17. The van der Waals surface area contributed by atoms with E-state index in [0.717, 1.165) is 61.2 Å². The van der Waals surface area contributed by atoms with Crippen LogP contribution in [0.4, 0.5) is 16.3 Å². The number of rotatable bonds is 6. The van der Waals surface area contributed by atoms with Crippen LogP contribution < -0.4 is 15.8 Å². The Kier molecular flexibility index (Phi) is 7.10. The van der Waals surface area contributed by atoms with Gasteiger partial charge >= 0.3 is 6.09 Å². The van der Waals surface area contributed by atoms with Crippen LogP contribution in [0.5, 0.6) is 5.75 Å². The van der Waals surface area contributed by atoms with Gasteiger partial charge in [0.05, 0.1) is 18.4 Å². The van der Waals surface area contributed by atoms with Gasteiger partial charge in [0.25, 0.3) is 0 Å². The Morgan fingerprint density at radius 1 is 1.25 bits per heavy atom. The number of hydrogen-bond acceptors (Lipinski definition) is 8. The van der Waals surface area contributed by atoms with E-state index in [9.17, 15) is 9.90 Å². The molecule has 0 spiro atoms. The number of fused-ring (bicyclic) bond motifs is 1. The number of piperidine rings is 1. The number of likely N-dealkylation sites (tertiary alicyclic amines) is 1. The maximum Gasteiger partial charge on any atom is 0.412 e. The minimum atomic E-state index is -0.609. The van der Waals surface area contributed by atoms with E-state index < -0.39 is 17.3 Å². The number of aliphatic hydroxyl groups is 1. The molecule has 3 aromatic rings. The van der Waals surface area contributed by atoms with E-state index in [1.54, 1.807) is 13.2 Å². The molecule has 0 radical (unpaired) electrons. The van der Waals surface area contributed by atoms with E-state index in [4.69, 9.17) is 15.2 Å². The lowest BCUT2D eigenvalue weighted by Gasteiger charge is -2.35. The van der Waals surface area contributed by atoms with Crippen molar-refractivity contribution >= 4 is 23.1 Å². The van der Waals surface area contributed by atoms with Crippen molar-refractivity contribution in [1.82, 2.24) is 19.5 Å². The van der Waals surface area contributed by atoms with Crippen LogP contribution in [-0.2, 0) is 11.2 Å². The lowest BCUT2D eigenvalue weighted by molar-refractivity contribution is -0.00499. The molecule has 4 N–H and O–H groups in total. The molecule has 0 aliphatic carbocycles. The molecular weight excluding hydrogens is 460 g/mol. The molecule has 1 aromatic carbocycles. The lowest BCUT2D eigenvalue weighted by atomic mass is 9.94. The smallest absolute Gasteiger partial charge is 0.412 e. The largest absolute Gasteiger partial charge is 0.495 e. The Hall–Kier alpha value is -3.37. The van der Waals surface area contributed by atoms with Gasteiger partial charge in [0.2, 0.25) is 0 Å². The summed E-state index contributed by atoms with van der Waals surface area (Å²) in [7, 11) is 1.55. The number of amides is 1. The van der Waals surface area contributed by atoms with Crippen LogP contribution >= 0.6 is 0 Å². The van der Waals surface area contributed by atoms with Crippen molar-refractivity contribution in [1.29, 1.82) is 0 Å². The molecule has 3 heterocycles. The Bertz CT molecular complexity index is 1240. The zero-order valence-electron chi connectivity index (χ0n) is 21.7. The summed E-state index contributed by atoms with van der Waals surface area (Å²) in [6.07, 6.45) is 3.22. The molecule has 4 rings (SSSR count). The minimum Gasteiger partial charge on any atom is -0.495 e. The predicted molar refractivity (Wildman–Crippen MR) is 139 cm³/mol. The van der Waals surface area contributed by atoms with E-state index in [2.05, 4.69) is 26.4 Å². The number of nitrogens with zero attached hydrogens (tertiary/aromatic N) is 4. The highest BCUT2D eigenvalue weighted by Crippen LogP contribution is 2.36. The zero-order valence-corrected chi connectivity index (χ0v) is 21.7. The highest BCUT2D eigenvalue weighted by molar-refractivity contribution is 5.92. The fraction of sp³-hybridized carbons (Fsp3) is 0.500. The van der Waals surface area contributed by atoms with Crippen LogP contribution in [0.15, 0.2) is 30.6 Å². The van der Waals surface area contributed by atoms with Gasteiger partial charge in [0, 0.05) is 37.3 Å². The number of methoxy groups -OCH3 is 1. The van der Waals surface area contributed by atoms with Gasteiger partial charge in [-0.3, -0.25) is 5.32 Å². The molecule has 0 unspecified atom stereocenters. The molecule has 0 saturated carbocycles. The Morgan fingerprint density at radius 2 is 1.97 bits per heavy atom. The van der Waals surface area contributed by atoms with Gasteiger partial charge in [-0.05, 0) is 64.3 Å².